The Balaban J connectivity index is 1.71. The monoisotopic (exact) mass is 500 g/mol. The van der Waals surface area contributed by atoms with Crippen LogP contribution in [-0.2, 0) is 10.7 Å². The minimum Gasteiger partial charge on any atom is -0.381 e. The topological polar surface area (TPSA) is 59.9 Å². The van der Waals surface area contributed by atoms with Crippen molar-refractivity contribution in [1.82, 2.24) is 15.0 Å². The van der Waals surface area contributed by atoms with Crippen molar-refractivity contribution in [2.45, 2.75) is 78.2 Å². The van der Waals surface area contributed by atoms with E-state index in [9.17, 15) is 0 Å². The van der Waals surface area contributed by atoms with E-state index in [1.165, 1.54) is 18.2 Å². The second-order valence-corrected chi connectivity index (χ2v) is 9.81. The van der Waals surface area contributed by atoms with Crippen LogP contribution in [0.5, 0.6) is 0 Å². The average Bonchev–Trinajstić information content (AvgIpc) is 3.38. The molecule has 3 atom stereocenters. The highest BCUT2D eigenvalue weighted by molar-refractivity contribution is 5.87. The largest absolute Gasteiger partial charge is 0.381 e. The lowest BCUT2D eigenvalue weighted by molar-refractivity contribution is -0.0691. The van der Waals surface area contributed by atoms with E-state index in [1.807, 2.05) is 6.92 Å². The Bertz CT molecular complexity index is 1230. The summed E-state index contributed by atoms with van der Waals surface area (Å²) in [4.78, 5) is 13.9. The van der Waals surface area contributed by atoms with E-state index in [1.54, 1.807) is 13.8 Å². The van der Waals surface area contributed by atoms with E-state index in [4.69, 9.17) is 9.72 Å². The maximum Gasteiger partial charge on any atom is 0.281 e. The van der Waals surface area contributed by atoms with Gasteiger partial charge in [-0.25, -0.2) is 28.1 Å². The highest BCUT2D eigenvalue weighted by atomic mass is 19.3. The zero-order valence-corrected chi connectivity index (χ0v) is 21.7. The smallest absolute Gasteiger partial charge is 0.281 e. The van der Waals surface area contributed by atoms with Crippen LogP contribution in [0.15, 0.2) is 24.3 Å². The Morgan fingerprint density at radius 1 is 1.14 bits per heavy atom. The third kappa shape index (κ3) is 5.05. The number of ether oxygens (including phenoxy) is 1. The number of rotatable bonds is 9. The first-order valence-corrected chi connectivity index (χ1v) is 12.8. The molecule has 3 aromatic rings. The van der Waals surface area contributed by atoms with Gasteiger partial charge in [0, 0.05) is 17.9 Å². The van der Waals surface area contributed by atoms with Gasteiger partial charge in [0.2, 0.25) is 0 Å². The fourth-order valence-electron chi connectivity index (χ4n) is 5.18. The zero-order chi connectivity index (χ0) is 26.0. The number of hydrogen-bond acceptors (Lipinski definition) is 5. The number of nitrogens with zero attached hydrogens (tertiary/aromatic N) is 3. The lowest BCUT2D eigenvalue weighted by Gasteiger charge is -2.25. The Hall–Kier alpha value is -2.74. The molecule has 0 saturated carbocycles. The number of benzene rings is 1. The number of fused-ring (bicyclic) bond motifs is 1. The first kappa shape index (κ1) is 26.3. The van der Waals surface area contributed by atoms with Gasteiger partial charge in [-0.15, -0.1) is 0 Å². The number of halogens is 3. The predicted molar refractivity (Wildman–Crippen MR) is 136 cm³/mol. The van der Waals surface area contributed by atoms with Crippen molar-refractivity contribution >= 4 is 16.9 Å². The number of aryl methyl sites for hydroxylation is 2. The summed E-state index contributed by atoms with van der Waals surface area (Å²) in [6.45, 7) is 10.1. The second kappa shape index (κ2) is 10.7. The SMILES string of the molecule is CCCC(CC)c1cc2c(NC(C)c3cccc(C(F)(F)C4CCOC4)c3F)nc(C)nc2nc1C. The van der Waals surface area contributed by atoms with Crippen molar-refractivity contribution in [2.24, 2.45) is 5.92 Å². The molecule has 36 heavy (non-hydrogen) atoms. The summed E-state index contributed by atoms with van der Waals surface area (Å²) < 4.78 is 50.9. The molecule has 0 amide bonds. The number of pyridine rings is 1. The average molecular weight is 501 g/mol. The third-order valence-corrected chi connectivity index (χ3v) is 7.25. The molecule has 4 rings (SSSR count). The standard InChI is InChI=1S/C28H35F3N4O/c1-6-9-19(7-2)22-14-23-26(34-18(5)35-27(23)33-17(22)4)32-16(3)21-10-8-11-24(25(21)29)28(30,31)20-12-13-36-15-20/h8,10-11,14,16,19-20H,6-7,9,12-13,15H2,1-5H3,(H,32,33,34,35). The normalized spacial score (nSPS) is 17.9. The minimum absolute atomic E-state index is 0.0673. The molecule has 0 bridgehead atoms. The summed E-state index contributed by atoms with van der Waals surface area (Å²) in [6, 6.07) is 5.66. The molecule has 8 heteroatoms. The van der Waals surface area contributed by atoms with Crippen molar-refractivity contribution in [3.8, 4) is 0 Å². The lowest BCUT2D eigenvalue weighted by Crippen LogP contribution is -2.28. The van der Waals surface area contributed by atoms with Crippen molar-refractivity contribution in [1.29, 1.82) is 0 Å². The van der Waals surface area contributed by atoms with Gasteiger partial charge >= 0.3 is 0 Å². The fourth-order valence-corrected chi connectivity index (χ4v) is 5.18. The number of alkyl halides is 2. The van der Waals surface area contributed by atoms with Gasteiger partial charge in [0.15, 0.2) is 5.65 Å². The van der Waals surface area contributed by atoms with Gasteiger partial charge in [-0.3, -0.25) is 0 Å². The highest BCUT2D eigenvalue weighted by Gasteiger charge is 2.45. The molecular weight excluding hydrogens is 465 g/mol. The maximum absolute atomic E-state index is 15.5. The van der Waals surface area contributed by atoms with Crippen LogP contribution in [0, 0.1) is 25.6 Å². The van der Waals surface area contributed by atoms with Crippen LogP contribution in [0.25, 0.3) is 11.0 Å². The van der Waals surface area contributed by atoms with Crippen molar-refractivity contribution in [2.75, 3.05) is 18.5 Å². The van der Waals surface area contributed by atoms with Gasteiger partial charge in [-0.1, -0.05) is 38.5 Å². The van der Waals surface area contributed by atoms with Crippen LogP contribution in [-0.4, -0.2) is 28.2 Å². The molecule has 0 spiro atoms. The fraction of sp³-hybridized carbons (Fsp3) is 0.536. The van der Waals surface area contributed by atoms with E-state index in [-0.39, 0.29) is 25.2 Å². The van der Waals surface area contributed by atoms with Gasteiger partial charge in [0.1, 0.15) is 17.5 Å². The molecule has 5 nitrogen and oxygen atoms in total. The molecule has 0 radical (unpaired) electrons. The van der Waals surface area contributed by atoms with Gasteiger partial charge in [-0.2, -0.15) is 0 Å². The number of hydrogen-bond donors (Lipinski definition) is 1. The summed E-state index contributed by atoms with van der Waals surface area (Å²) in [5.41, 5.74) is 2.23. The van der Waals surface area contributed by atoms with Crippen LogP contribution in [0.1, 0.15) is 86.6 Å². The van der Waals surface area contributed by atoms with Crippen LogP contribution < -0.4 is 5.32 Å². The molecule has 194 valence electrons. The van der Waals surface area contributed by atoms with E-state index in [0.29, 0.717) is 23.2 Å². The number of anilines is 1. The van der Waals surface area contributed by atoms with Gasteiger partial charge in [-0.05, 0) is 57.6 Å². The molecule has 3 heterocycles. The molecular formula is C28H35F3N4O. The van der Waals surface area contributed by atoms with E-state index >= 15 is 13.2 Å². The second-order valence-electron chi connectivity index (χ2n) is 9.81. The Morgan fingerprint density at radius 2 is 1.92 bits per heavy atom. The van der Waals surface area contributed by atoms with Crippen molar-refractivity contribution in [3.05, 3.63) is 58.3 Å². The minimum atomic E-state index is -3.31. The molecule has 1 saturated heterocycles. The van der Waals surface area contributed by atoms with Crippen LogP contribution in [0.2, 0.25) is 0 Å². The first-order chi connectivity index (χ1) is 17.2. The Morgan fingerprint density at radius 3 is 2.58 bits per heavy atom. The van der Waals surface area contributed by atoms with Crippen molar-refractivity contribution < 1.29 is 17.9 Å². The highest BCUT2D eigenvalue weighted by Crippen LogP contribution is 2.42. The van der Waals surface area contributed by atoms with E-state index in [2.05, 4.69) is 35.2 Å². The molecule has 0 aliphatic carbocycles. The summed E-state index contributed by atoms with van der Waals surface area (Å²) >= 11 is 0. The third-order valence-electron chi connectivity index (χ3n) is 7.25. The molecule has 1 aliphatic heterocycles. The van der Waals surface area contributed by atoms with Gasteiger partial charge in [0.25, 0.3) is 5.92 Å². The Labute approximate surface area is 210 Å². The quantitative estimate of drug-likeness (QED) is 0.332. The summed E-state index contributed by atoms with van der Waals surface area (Å²) in [7, 11) is 0. The summed E-state index contributed by atoms with van der Waals surface area (Å²) in [5, 5.41) is 4.01. The summed E-state index contributed by atoms with van der Waals surface area (Å²) in [5.74, 6) is -3.81. The van der Waals surface area contributed by atoms with Crippen LogP contribution >= 0.6 is 0 Å². The first-order valence-electron chi connectivity index (χ1n) is 12.8. The van der Waals surface area contributed by atoms with Crippen LogP contribution in [0.3, 0.4) is 0 Å². The molecule has 3 unspecified atom stereocenters. The lowest BCUT2D eigenvalue weighted by atomic mass is 9.90. The van der Waals surface area contributed by atoms with Crippen molar-refractivity contribution in [3.63, 3.8) is 0 Å². The Kier molecular flexibility index (Phi) is 7.83. The molecule has 1 aliphatic rings. The number of nitrogens with one attached hydrogen (secondary N) is 1. The summed E-state index contributed by atoms with van der Waals surface area (Å²) in [6.07, 6.45) is 3.32. The molecule has 1 fully saturated rings. The maximum atomic E-state index is 15.5. The molecule has 1 N–H and O–H groups in total. The van der Waals surface area contributed by atoms with Crippen LogP contribution in [0.4, 0.5) is 19.0 Å². The predicted octanol–water partition coefficient (Wildman–Crippen LogP) is 7.38. The zero-order valence-electron chi connectivity index (χ0n) is 21.7. The number of aromatic nitrogens is 3. The van der Waals surface area contributed by atoms with E-state index < -0.39 is 29.3 Å². The molecule has 1 aromatic carbocycles. The van der Waals surface area contributed by atoms with Gasteiger partial charge in [0.05, 0.1) is 29.5 Å². The van der Waals surface area contributed by atoms with Gasteiger partial charge < -0.3 is 10.1 Å². The molecule has 2 aromatic heterocycles. The van der Waals surface area contributed by atoms with E-state index in [0.717, 1.165) is 35.9 Å².